The van der Waals surface area contributed by atoms with Crippen molar-refractivity contribution in [2.45, 2.75) is 16.6 Å². The minimum Gasteiger partial charge on any atom is -0.254 e. The topological polar surface area (TPSA) is 17.1 Å². The maximum atomic E-state index is 14.3. The van der Waals surface area contributed by atoms with Crippen LogP contribution >= 0.6 is 11.6 Å². The predicted octanol–water partition coefficient (Wildman–Crippen LogP) is 5.71. The largest absolute Gasteiger partial charge is 0.254 e. The van der Waals surface area contributed by atoms with Crippen molar-refractivity contribution in [3.8, 4) is 0 Å². The van der Waals surface area contributed by atoms with Crippen LogP contribution in [-0.4, -0.2) is 4.21 Å². The van der Waals surface area contributed by atoms with Gasteiger partial charge in [0.1, 0.15) is 11.6 Å². The van der Waals surface area contributed by atoms with Crippen LogP contribution in [0.4, 0.5) is 8.78 Å². The number of halogens is 3. The van der Waals surface area contributed by atoms with E-state index in [0.717, 1.165) is 23.8 Å². The second kappa shape index (κ2) is 7.89. The minimum atomic E-state index is -1.56. The first-order valence-electron chi connectivity index (χ1n) is 7.69. The van der Waals surface area contributed by atoms with Crippen LogP contribution in [0.1, 0.15) is 16.4 Å². The van der Waals surface area contributed by atoms with Gasteiger partial charge in [-0.15, -0.1) is 0 Å². The summed E-state index contributed by atoms with van der Waals surface area (Å²) < 4.78 is 41.1. The molecule has 0 bridgehead atoms. The third-order valence-corrected chi connectivity index (χ3v) is 5.80. The number of benzene rings is 3. The van der Waals surface area contributed by atoms with Crippen molar-refractivity contribution in [1.29, 1.82) is 0 Å². The molecule has 25 heavy (non-hydrogen) atoms. The molecule has 0 saturated carbocycles. The Morgan fingerprint density at radius 2 is 1.60 bits per heavy atom. The summed E-state index contributed by atoms with van der Waals surface area (Å²) in [5.41, 5.74) is 1.01. The average molecular weight is 377 g/mol. The molecule has 5 heteroatoms. The molecule has 3 rings (SSSR count). The zero-order chi connectivity index (χ0) is 17.8. The molecule has 3 aromatic carbocycles. The van der Waals surface area contributed by atoms with Gasteiger partial charge in [-0.2, -0.15) is 0 Å². The van der Waals surface area contributed by atoms with Crippen molar-refractivity contribution in [2.75, 3.05) is 0 Å². The Bertz CT molecular complexity index is 882. The van der Waals surface area contributed by atoms with Gasteiger partial charge in [-0.3, -0.25) is 4.21 Å². The van der Waals surface area contributed by atoms with E-state index < -0.39 is 27.7 Å². The molecule has 1 nitrogen and oxygen atoms in total. The van der Waals surface area contributed by atoms with Crippen molar-refractivity contribution in [1.82, 2.24) is 0 Å². The predicted molar refractivity (Wildman–Crippen MR) is 97.1 cm³/mol. The monoisotopic (exact) mass is 376 g/mol. The molecule has 0 amide bonds. The van der Waals surface area contributed by atoms with Gasteiger partial charge >= 0.3 is 0 Å². The fourth-order valence-electron chi connectivity index (χ4n) is 2.62. The van der Waals surface area contributed by atoms with E-state index in [0.29, 0.717) is 16.3 Å². The first-order valence-corrected chi connectivity index (χ1v) is 9.28. The highest BCUT2D eigenvalue weighted by molar-refractivity contribution is 7.85. The molecule has 0 heterocycles. The lowest BCUT2D eigenvalue weighted by molar-refractivity contribution is 0.579. The summed E-state index contributed by atoms with van der Waals surface area (Å²) in [6.45, 7) is 0. The molecule has 2 atom stereocenters. The molecule has 2 unspecified atom stereocenters. The fourth-order valence-corrected chi connectivity index (χ4v) is 4.24. The zero-order valence-corrected chi connectivity index (χ0v) is 14.7. The number of rotatable bonds is 5. The summed E-state index contributed by atoms with van der Waals surface area (Å²) in [4.78, 5) is 0.522. The first-order chi connectivity index (χ1) is 12.0. The highest BCUT2D eigenvalue weighted by Gasteiger charge is 2.24. The van der Waals surface area contributed by atoms with Crippen molar-refractivity contribution in [3.05, 3.63) is 101 Å². The zero-order valence-electron chi connectivity index (χ0n) is 13.2. The van der Waals surface area contributed by atoms with Crippen LogP contribution in [0, 0.1) is 11.6 Å². The van der Waals surface area contributed by atoms with Crippen LogP contribution in [0.25, 0.3) is 0 Å². The summed E-state index contributed by atoms with van der Waals surface area (Å²) in [7, 11) is -1.56. The first kappa shape index (κ1) is 17.8. The van der Waals surface area contributed by atoms with Crippen LogP contribution in [-0.2, 0) is 17.2 Å². The van der Waals surface area contributed by atoms with E-state index in [1.165, 1.54) is 0 Å². The summed E-state index contributed by atoms with van der Waals surface area (Å²) in [5, 5.41) is -0.184. The third kappa shape index (κ3) is 4.33. The van der Waals surface area contributed by atoms with Gasteiger partial charge in [0.05, 0.1) is 16.0 Å². The summed E-state index contributed by atoms with van der Waals surface area (Å²) in [6.07, 6.45) is 0.330. The van der Waals surface area contributed by atoms with Gasteiger partial charge in [0, 0.05) is 15.5 Å². The van der Waals surface area contributed by atoms with E-state index in [4.69, 9.17) is 11.6 Å². The molecule has 0 radical (unpaired) electrons. The maximum absolute atomic E-state index is 14.3. The molecule has 0 aliphatic heterocycles. The van der Waals surface area contributed by atoms with E-state index in [-0.39, 0.29) is 5.56 Å². The van der Waals surface area contributed by atoms with E-state index in [2.05, 4.69) is 0 Å². The second-order valence-corrected chi connectivity index (χ2v) is 7.67. The fraction of sp³-hybridized carbons (Fsp3) is 0.100. The second-order valence-electron chi connectivity index (χ2n) is 5.60. The van der Waals surface area contributed by atoms with Gasteiger partial charge in [0.25, 0.3) is 0 Å². The summed E-state index contributed by atoms with van der Waals surface area (Å²) in [6, 6.07) is 19.2. The van der Waals surface area contributed by atoms with Crippen LogP contribution in [0.3, 0.4) is 0 Å². The van der Waals surface area contributed by atoms with E-state index >= 15 is 0 Å². The van der Waals surface area contributed by atoms with Gasteiger partial charge in [0.15, 0.2) is 0 Å². The lowest BCUT2D eigenvalue weighted by atomic mass is 10.0. The van der Waals surface area contributed by atoms with Gasteiger partial charge in [-0.05, 0) is 54.4 Å². The van der Waals surface area contributed by atoms with Crippen molar-refractivity contribution >= 4 is 22.4 Å². The van der Waals surface area contributed by atoms with Crippen molar-refractivity contribution in [3.63, 3.8) is 0 Å². The Hall–Kier alpha value is -2.04. The average Bonchev–Trinajstić information content (AvgIpc) is 2.63. The van der Waals surface area contributed by atoms with E-state index in [1.807, 2.05) is 30.3 Å². The highest BCUT2D eigenvalue weighted by Crippen LogP contribution is 2.31. The quantitative estimate of drug-likeness (QED) is 0.557. The molecule has 3 aromatic rings. The Morgan fingerprint density at radius 3 is 2.28 bits per heavy atom. The van der Waals surface area contributed by atoms with E-state index in [1.54, 1.807) is 24.3 Å². The Balaban J connectivity index is 2.03. The van der Waals surface area contributed by atoms with Gasteiger partial charge in [-0.1, -0.05) is 41.9 Å². The highest BCUT2D eigenvalue weighted by atomic mass is 35.5. The molecule has 0 spiro atoms. The standard InChI is InChI=1S/C20H15ClF2OS/c21-15-6-9-17(10-7-15)25(24)20(12-14-4-2-1-3-5-14)18-13-16(22)8-11-19(18)23/h1-11,13,20H,12H2. The molecule has 0 fully saturated rings. The van der Waals surface area contributed by atoms with Crippen LogP contribution in [0.2, 0.25) is 5.02 Å². The molecule has 0 aliphatic rings. The van der Waals surface area contributed by atoms with Gasteiger partial charge in [-0.25, -0.2) is 8.78 Å². The number of hydrogen-bond donors (Lipinski definition) is 0. The summed E-state index contributed by atoms with van der Waals surface area (Å²) in [5.74, 6) is -1.12. The molecular weight excluding hydrogens is 362 g/mol. The Kier molecular flexibility index (Phi) is 5.61. The molecular formula is C20H15ClF2OS. The lowest BCUT2D eigenvalue weighted by Crippen LogP contribution is -2.12. The SMILES string of the molecule is O=S(c1ccc(Cl)cc1)C(Cc1ccccc1)c1cc(F)ccc1F. The van der Waals surface area contributed by atoms with Gasteiger partial charge < -0.3 is 0 Å². The molecule has 128 valence electrons. The smallest absolute Gasteiger partial charge is 0.127 e. The lowest BCUT2D eigenvalue weighted by Gasteiger charge is -2.18. The summed E-state index contributed by atoms with van der Waals surface area (Å²) >= 11 is 5.88. The maximum Gasteiger partial charge on any atom is 0.127 e. The van der Waals surface area contributed by atoms with E-state index in [9.17, 15) is 13.0 Å². The Morgan fingerprint density at radius 1 is 0.920 bits per heavy atom. The Labute approximate surface area is 152 Å². The van der Waals surface area contributed by atoms with Crippen molar-refractivity contribution in [2.24, 2.45) is 0 Å². The molecule has 0 aromatic heterocycles. The van der Waals surface area contributed by atoms with Crippen molar-refractivity contribution < 1.29 is 13.0 Å². The normalized spacial score (nSPS) is 13.4. The van der Waals surface area contributed by atoms with Gasteiger partial charge in [0.2, 0.25) is 0 Å². The molecule has 0 aliphatic carbocycles. The molecule has 0 N–H and O–H groups in total. The number of hydrogen-bond acceptors (Lipinski definition) is 1. The van der Waals surface area contributed by atoms with Crippen LogP contribution < -0.4 is 0 Å². The van der Waals surface area contributed by atoms with Crippen LogP contribution in [0.15, 0.2) is 77.7 Å². The third-order valence-electron chi connectivity index (χ3n) is 3.87. The molecule has 0 saturated heterocycles. The van der Waals surface area contributed by atoms with Crippen LogP contribution in [0.5, 0.6) is 0 Å². The minimum absolute atomic E-state index is 0.108.